The Morgan fingerprint density at radius 2 is 0.750 bits per heavy atom. The van der Waals surface area contributed by atoms with E-state index >= 15 is 0 Å². The van der Waals surface area contributed by atoms with Crippen LogP contribution in [-0.2, 0) is 28.6 Å². The quantitative estimate of drug-likeness (QED) is 0.0201. The molecule has 6 nitrogen and oxygen atoms in total. The Balaban J connectivity index is 4.52. The zero-order chi connectivity index (χ0) is 43.7. The molecule has 0 bridgehead atoms. The van der Waals surface area contributed by atoms with Gasteiger partial charge in [-0.15, -0.1) is 0 Å². The first-order valence-corrected chi connectivity index (χ1v) is 23.6. The highest BCUT2D eigenvalue weighted by Gasteiger charge is 2.19. The van der Waals surface area contributed by atoms with Crippen molar-refractivity contribution in [1.29, 1.82) is 0 Å². The highest BCUT2D eigenvalue weighted by Crippen LogP contribution is 2.12. The predicted molar refractivity (Wildman–Crippen MR) is 256 cm³/mol. The summed E-state index contributed by atoms with van der Waals surface area (Å²) in [4.78, 5) is 37.8. The second-order valence-electron chi connectivity index (χ2n) is 15.0. The average Bonchev–Trinajstić information content (AvgIpc) is 3.24. The van der Waals surface area contributed by atoms with Gasteiger partial charge in [-0.3, -0.25) is 14.4 Å². The van der Waals surface area contributed by atoms with Gasteiger partial charge in [0, 0.05) is 19.3 Å². The van der Waals surface area contributed by atoms with E-state index in [0.29, 0.717) is 12.8 Å². The van der Waals surface area contributed by atoms with Gasteiger partial charge in [0.15, 0.2) is 6.10 Å². The van der Waals surface area contributed by atoms with Crippen LogP contribution in [0, 0.1) is 0 Å². The largest absolute Gasteiger partial charge is 0.462 e. The van der Waals surface area contributed by atoms with Crippen molar-refractivity contribution in [2.45, 2.75) is 187 Å². The van der Waals surface area contributed by atoms with E-state index in [9.17, 15) is 14.4 Å². The first-order chi connectivity index (χ1) is 29.5. The van der Waals surface area contributed by atoms with Crippen molar-refractivity contribution in [3.05, 3.63) is 122 Å². The van der Waals surface area contributed by atoms with Crippen LogP contribution in [0.25, 0.3) is 0 Å². The number of allylic oxidation sites excluding steroid dienone is 20. The zero-order valence-electron chi connectivity index (χ0n) is 38.2. The number of unbranched alkanes of at least 4 members (excludes halogenated alkanes) is 14. The van der Waals surface area contributed by atoms with Gasteiger partial charge < -0.3 is 14.2 Å². The van der Waals surface area contributed by atoms with Gasteiger partial charge in [-0.2, -0.15) is 0 Å². The summed E-state index contributed by atoms with van der Waals surface area (Å²) < 4.78 is 16.6. The normalized spacial score (nSPS) is 13.2. The first-order valence-electron chi connectivity index (χ1n) is 23.6. The first kappa shape index (κ1) is 55.8. The number of carbonyl (C=O) groups is 3. The molecule has 0 rings (SSSR count). The SMILES string of the molecule is CC\C=C/C=C\C=C/CCCCCCCC(=O)OC(COC(=O)CCC/C=C\C/C=C\C/C=C\CC)COC(=O)CCCCCCC\C=C/C=C\C=C/C=C\CCCCC. The lowest BCUT2D eigenvalue weighted by atomic mass is 10.1. The van der Waals surface area contributed by atoms with Gasteiger partial charge in [-0.05, 0) is 89.9 Å². The molecular formula is C54H84O6. The lowest BCUT2D eigenvalue weighted by Gasteiger charge is -2.18. The van der Waals surface area contributed by atoms with Gasteiger partial charge in [0.2, 0.25) is 0 Å². The summed E-state index contributed by atoms with van der Waals surface area (Å²) >= 11 is 0. The molecule has 0 aromatic heterocycles. The molecule has 0 amide bonds. The third kappa shape index (κ3) is 44.9. The van der Waals surface area contributed by atoms with Crippen LogP contribution in [-0.4, -0.2) is 37.2 Å². The van der Waals surface area contributed by atoms with E-state index in [-0.39, 0.29) is 44.0 Å². The van der Waals surface area contributed by atoms with Gasteiger partial charge in [-0.25, -0.2) is 0 Å². The molecule has 0 fully saturated rings. The summed E-state index contributed by atoms with van der Waals surface area (Å²) in [6.45, 7) is 6.23. The molecule has 6 heteroatoms. The van der Waals surface area contributed by atoms with Gasteiger partial charge in [-0.1, -0.05) is 194 Å². The molecule has 0 aromatic rings. The van der Waals surface area contributed by atoms with E-state index in [1.165, 1.54) is 19.3 Å². The molecule has 336 valence electrons. The number of rotatable bonds is 40. The second kappa shape index (κ2) is 47.5. The van der Waals surface area contributed by atoms with Crippen molar-refractivity contribution in [1.82, 2.24) is 0 Å². The maximum atomic E-state index is 12.7. The van der Waals surface area contributed by atoms with Crippen molar-refractivity contribution < 1.29 is 28.6 Å². The topological polar surface area (TPSA) is 78.9 Å². The minimum Gasteiger partial charge on any atom is -0.462 e. The Labute approximate surface area is 367 Å². The molecular weight excluding hydrogens is 745 g/mol. The molecule has 0 spiro atoms. The van der Waals surface area contributed by atoms with Gasteiger partial charge in [0.05, 0.1) is 0 Å². The summed E-state index contributed by atoms with van der Waals surface area (Å²) in [5.41, 5.74) is 0. The molecule has 1 unspecified atom stereocenters. The third-order valence-electron chi connectivity index (χ3n) is 9.34. The van der Waals surface area contributed by atoms with Crippen LogP contribution >= 0.6 is 0 Å². The van der Waals surface area contributed by atoms with Gasteiger partial charge in [0.1, 0.15) is 13.2 Å². The molecule has 0 aliphatic carbocycles. The minimum absolute atomic E-state index is 0.119. The Hall–Kier alpha value is -4.19. The fourth-order valence-electron chi connectivity index (χ4n) is 5.83. The predicted octanol–water partition coefficient (Wildman–Crippen LogP) is 15.4. The number of hydrogen-bond donors (Lipinski definition) is 0. The van der Waals surface area contributed by atoms with Crippen molar-refractivity contribution in [3.8, 4) is 0 Å². The molecule has 0 radical (unpaired) electrons. The summed E-state index contributed by atoms with van der Waals surface area (Å²) in [5.74, 6) is -1.03. The summed E-state index contributed by atoms with van der Waals surface area (Å²) in [6, 6.07) is 0. The zero-order valence-corrected chi connectivity index (χ0v) is 38.2. The van der Waals surface area contributed by atoms with Crippen LogP contribution in [0.1, 0.15) is 181 Å². The highest BCUT2D eigenvalue weighted by atomic mass is 16.6. The molecule has 0 saturated carbocycles. The molecule has 60 heavy (non-hydrogen) atoms. The van der Waals surface area contributed by atoms with Crippen LogP contribution in [0.3, 0.4) is 0 Å². The van der Waals surface area contributed by atoms with Crippen molar-refractivity contribution in [2.75, 3.05) is 13.2 Å². The molecule has 0 aliphatic heterocycles. The van der Waals surface area contributed by atoms with E-state index in [4.69, 9.17) is 14.2 Å². The fraction of sp³-hybridized carbons (Fsp3) is 0.574. The third-order valence-corrected chi connectivity index (χ3v) is 9.34. The molecule has 0 saturated heterocycles. The highest BCUT2D eigenvalue weighted by molar-refractivity contribution is 5.71. The Kier molecular flexibility index (Phi) is 44.2. The van der Waals surface area contributed by atoms with E-state index in [2.05, 4.69) is 136 Å². The number of ether oxygens (including phenoxy) is 3. The van der Waals surface area contributed by atoms with Crippen LogP contribution in [0.5, 0.6) is 0 Å². The Morgan fingerprint density at radius 1 is 0.367 bits per heavy atom. The van der Waals surface area contributed by atoms with E-state index in [1.54, 1.807) is 0 Å². The van der Waals surface area contributed by atoms with Gasteiger partial charge >= 0.3 is 17.9 Å². The summed E-state index contributed by atoms with van der Waals surface area (Å²) in [7, 11) is 0. The maximum Gasteiger partial charge on any atom is 0.306 e. The lowest BCUT2D eigenvalue weighted by molar-refractivity contribution is -0.167. The molecule has 0 N–H and O–H groups in total. The summed E-state index contributed by atoms with van der Waals surface area (Å²) in [6.07, 6.45) is 64.7. The monoisotopic (exact) mass is 829 g/mol. The van der Waals surface area contributed by atoms with Crippen molar-refractivity contribution in [3.63, 3.8) is 0 Å². The number of hydrogen-bond acceptors (Lipinski definition) is 6. The molecule has 1 atom stereocenters. The molecule has 0 aromatic carbocycles. The summed E-state index contributed by atoms with van der Waals surface area (Å²) in [5, 5.41) is 0. The van der Waals surface area contributed by atoms with Crippen LogP contribution < -0.4 is 0 Å². The van der Waals surface area contributed by atoms with Crippen molar-refractivity contribution in [2.24, 2.45) is 0 Å². The Bertz CT molecular complexity index is 1320. The van der Waals surface area contributed by atoms with Crippen LogP contribution in [0.2, 0.25) is 0 Å². The van der Waals surface area contributed by atoms with Crippen molar-refractivity contribution >= 4 is 17.9 Å². The average molecular weight is 829 g/mol. The molecule has 0 aliphatic rings. The number of esters is 3. The van der Waals surface area contributed by atoms with E-state index in [0.717, 1.165) is 116 Å². The minimum atomic E-state index is -0.821. The van der Waals surface area contributed by atoms with Crippen LogP contribution in [0.15, 0.2) is 122 Å². The molecule has 0 heterocycles. The standard InChI is InChI=1S/C54H84O6/c1-4-7-10-13-16-19-22-24-25-26-27-28-30-32-35-38-41-44-47-53(56)59-50-51(49-58-52(55)46-43-40-37-34-31-21-18-15-12-9-6-3)60-54(57)48-45-42-39-36-33-29-23-20-17-14-11-8-5-2/h8-9,11-12,14,16-28,34,37,51H,4-7,10,13,15,29-33,35-36,38-50H2,1-3H3/b11-8-,12-9-,17-14-,19-16-,21-18-,23-20-,24-22-,26-25-,28-27-,37-34-. The van der Waals surface area contributed by atoms with E-state index in [1.807, 2.05) is 6.08 Å². The van der Waals surface area contributed by atoms with Gasteiger partial charge in [0.25, 0.3) is 0 Å². The van der Waals surface area contributed by atoms with Crippen LogP contribution in [0.4, 0.5) is 0 Å². The fourth-order valence-corrected chi connectivity index (χ4v) is 5.83. The van der Waals surface area contributed by atoms with E-state index < -0.39 is 6.10 Å². The second-order valence-corrected chi connectivity index (χ2v) is 15.0. The lowest BCUT2D eigenvalue weighted by Crippen LogP contribution is -2.30. The Morgan fingerprint density at radius 3 is 1.27 bits per heavy atom. The smallest absolute Gasteiger partial charge is 0.306 e. The maximum absolute atomic E-state index is 12.7. The number of carbonyl (C=O) groups excluding carboxylic acids is 3.